The van der Waals surface area contributed by atoms with Crippen LogP contribution in [0.5, 0.6) is 11.5 Å². The standard InChI is InChI=1S/C29H24Cl2IN3O6/c1-4-40-24-11-17(10-22(32)26(24)41-14-25(36)33-19-8-6-15(2)21(31)13-19)9-20-27(37)34-29(39)35(28(20)38)23-12-18(30)7-5-16(23)3/h5-13H,4,14H2,1-3H3,(H,33,36)(H,34,37,39)/b20-9+. The van der Waals surface area contributed by atoms with Crippen molar-refractivity contribution in [2.45, 2.75) is 20.8 Å². The van der Waals surface area contributed by atoms with E-state index in [1.54, 1.807) is 56.3 Å². The average Bonchev–Trinajstić information content (AvgIpc) is 2.90. The molecule has 0 bridgehead atoms. The van der Waals surface area contributed by atoms with Crippen LogP contribution in [0.15, 0.2) is 54.1 Å². The van der Waals surface area contributed by atoms with E-state index in [0.717, 1.165) is 10.5 Å². The molecule has 212 valence electrons. The fourth-order valence-electron chi connectivity index (χ4n) is 3.95. The zero-order valence-corrected chi connectivity index (χ0v) is 25.8. The van der Waals surface area contributed by atoms with Gasteiger partial charge in [-0.2, -0.15) is 0 Å². The van der Waals surface area contributed by atoms with E-state index in [0.29, 0.717) is 41.9 Å². The summed E-state index contributed by atoms with van der Waals surface area (Å²) in [5.74, 6) is -1.42. The van der Waals surface area contributed by atoms with Crippen LogP contribution in [0.4, 0.5) is 16.2 Å². The Labute approximate surface area is 259 Å². The molecule has 1 aliphatic rings. The zero-order valence-electron chi connectivity index (χ0n) is 22.1. The minimum atomic E-state index is -0.873. The lowest BCUT2D eigenvalue weighted by Crippen LogP contribution is -2.54. The van der Waals surface area contributed by atoms with Gasteiger partial charge in [-0.3, -0.25) is 19.7 Å². The van der Waals surface area contributed by atoms with Crippen LogP contribution in [0, 0.1) is 17.4 Å². The molecule has 0 saturated carbocycles. The van der Waals surface area contributed by atoms with Crippen LogP contribution in [-0.4, -0.2) is 37.0 Å². The van der Waals surface area contributed by atoms with Crippen molar-refractivity contribution in [2.75, 3.05) is 23.4 Å². The van der Waals surface area contributed by atoms with Gasteiger partial charge < -0.3 is 14.8 Å². The average molecular weight is 708 g/mol. The number of carbonyl (C=O) groups excluding carboxylic acids is 4. The van der Waals surface area contributed by atoms with E-state index < -0.39 is 23.8 Å². The second-order valence-corrected chi connectivity index (χ2v) is 11.0. The van der Waals surface area contributed by atoms with Gasteiger partial charge in [-0.25, -0.2) is 9.69 Å². The van der Waals surface area contributed by atoms with Crippen molar-refractivity contribution in [1.29, 1.82) is 0 Å². The molecule has 12 heteroatoms. The molecule has 41 heavy (non-hydrogen) atoms. The summed E-state index contributed by atoms with van der Waals surface area (Å²) in [6, 6.07) is 12.3. The Hall–Kier alpha value is -3.61. The summed E-state index contributed by atoms with van der Waals surface area (Å²) in [6.45, 7) is 5.34. The molecule has 0 unspecified atom stereocenters. The van der Waals surface area contributed by atoms with Crippen LogP contribution in [0.25, 0.3) is 6.08 Å². The van der Waals surface area contributed by atoms with Crippen molar-refractivity contribution >= 4 is 87.0 Å². The molecular weight excluding hydrogens is 684 g/mol. The Balaban J connectivity index is 1.59. The third-order valence-corrected chi connectivity index (χ3v) is 7.40. The molecule has 5 amide bonds. The number of carbonyl (C=O) groups is 4. The van der Waals surface area contributed by atoms with Crippen LogP contribution >= 0.6 is 45.8 Å². The molecule has 4 rings (SSSR count). The van der Waals surface area contributed by atoms with Gasteiger partial charge in [0, 0.05) is 15.7 Å². The van der Waals surface area contributed by atoms with Crippen molar-refractivity contribution in [1.82, 2.24) is 5.32 Å². The number of amides is 5. The molecule has 1 aliphatic heterocycles. The molecule has 1 fully saturated rings. The number of anilines is 2. The smallest absolute Gasteiger partial charge is 0.335 e. The molecule has 9 nitrogen and oxygen atoms in total. The summed E-state index contributed by atoms with van der Waals surface area (Å²) in [4.78, 5) is 52.1. The fourth-order valence-corrected chi connectivity index (χ4v) is 5.07. The van der Waals surface area contributed by atoms with E-state index in [-0.39, 0.29) is 24.5 Å². The summed E-state index contributed by atoms with van der Waals surface area (Å²) in [7, 11) is 0. The SMILES string of the molecule is CCOc1cc(/C=C2\C(=O)NC(=O)N(c3cc(Cl)ccc3C)C2=O)cc(I)c1OCC(=O)Nc1ccc(C)c(Cl)c1. The molecular formula is C29H24Cl2IN3O6. The van der Waals surface area contributed by atoms with E-state index in [1.807, 2.05) is 29.5 Å². The quantitative estimate of drug-likeness (QED) is 0.162. The first-order chi connectivity index (χ1) is 19.5. The van der Waals surface area contributed by atoms with Crippen molar-refractivity contribution in [3.8, 4) is 11.5 Å². The topological polar surface area (TPSA) is 114 Å². The summed E-state index contributed by atoms with van der Waals surface area (Å²) in [5.41, 5.74) is 2.49. The predicted octanol–water partition coefficient (Wildman–Crippen LogP) is 6.30. The van der Waals surface area contributed by atoms with Gasteiger partial charge >= 0.3 is 6.03 Å². The van der Waals surface area contributed by atoms with Gasteiger partial charge in [-0.05, 0) is 103 Å². The predicted molar refractivity (Wildman–Crippen MR) is 166 cm³/mol. The number of halogens is 3. The molecule has 1 saturated heterocycles. The van der Waals surface area contributed by atoms with Gasteiger partial charge in [-0.15, -0.1) is 0 Å². The van der Waals surface area contributed by atoms with Crippen LogP contribution in [0.1, 0.15) is 23.6 Å². The summed E-state index contributed by atoms with van der Waals surface area (Å²) >= 11 is 14.2. The number of nitrogens with zero attached hydrogens (tertiary/aromatic N) is 1. The maximum Gasteiger partial charge on any atom is 0.335 e. The lowest BCUT2D eigenvalue weighted by molar-refractivity contribution is -0.122. The monoisotopic (exact) mass is 707 g/mol. The summed E-state index contributed by atoms with van der Waals surface area (Å²) in [5, 5.41) is 5.80. The van der Waals surface area contributed by atoms with Gasteiger partial charge in [0.15, 0.2) is 18.1 Å². The van der Waals surface area contributed by atoms with E-state index in [9.17, 15) is 19.2 Å². The number of barbiturate groups is 1. The Morgan fingerprint density at radius 2 is 1.76 bits per heavy atom. The highest BCUT2D eigenvalue weighted by molar-refractivity contribution is 14.1. The normalized spacial score (nSPS) is 14.2. The minimum absolute atomic E-state index is 0.257. The second-order valence-electron chi connectivity index (χ2n) is 8.95. The Morgan fingerprint density at radius 1 is 1.02 bits per heavy atom. The van der Waals surface area contributed by atoms with Crippen LogP contribution in [0.3, 0.4) is 0 Å². The van der Waals surface area contributed by atoms with Crippen molar-refractivity contribution in [3.63, 3.8) is 0 Å². The van der Waals surface area contributed by atoms with Crippen molar-refractivity contribution in [3.05, 3.63) is 84.4 Å². The number of benzene rings is 3. The van der Waals surface area contributed by atoms with Gasteiger partial charge in [0.2, 0.25) is 0 Å². The van der Waals surface area contributed by atoms with Gasteiger partial charge in [0.1, 0.15) is 5.57 Å². The minimum Gasteiger partial charge on any atom is -0.490 e. The number of urea groups is 1. The highest BCUT2D eigenvalue weighted by Gasteiger charge is 2.37. The highest BCUT2D eigenvalue weighted by Crippen LogP contribution is 2.36. The first-order valence-corrected chi connectivity index (χ1v) is 14.1. The van der Waals surface area contributed by atoms with E-state index in [2.05, 4.69) is 10.6 Å². The number of imide groups is 2. The number of aryl methyl sites for hydroxylation is 2. The molecule has 0 radical (unpaired) electrons. The third-order valence-electron chi connectivity index (χ3n) is 5.96. The van der Waals surface area contributed by atoms with Crippen molar-refractivity contribution < 1.29 is 28.7 Å². The maximum absolute atomic E-state index is 13.4. The molecule has 2 N–H and O–H groups in total. The molecule has 0 atom stereocenters. The maximum atomic E-state index is 13.4. The van der Waals surface area contributed by atoms with E-state index in [1.165, 1.54) is 12.1 Å². The van der Waals surface area contributed by atoms with Gasteiger partial charge in [-0.1, -0.05) is 35.3 Å². The van der Waals surface area contributed by atoms with Crippen LogP contribution in [0.2, 0.25) is 10.0 Å². The number of hydrogen-bond acceptors (Lipinski definition) is 6. The molecule has 3 aromatic rings. The number of hydrogen-bond donors (Lipinski definition) is 2. The molecule has 3 aromatic carbocycles. The lowest BCUT2D eigenvalue weighted by atomic mass is 10.1. The summed E-state index contributed by atoms with van der Waals surface area (Å²) < 4.78 is 12.1. The van der Waals surface area contributed by atoms with E-state index >= 15 is 0 Å². The van der Waals surface area contributed by atoms with Crippen LogP contribution < -0.4 is 25.0 Å². The lowest BCUT2D eigenvalue weighted by Gasteiger charge is -2.27. The third kappa shape index (κ3) is 7.00. The molecule has 0 aromatic heterocycles. The first kappa shape index (κ1) is 30.4. The largest absolute Gasteiger partial charge is 0.490 e. The number of nitrogens with one attached hydrogen (secondary N) is 2. The van der Waals surface area contributed by atoms with Crippen molar-refractivity contribution in [2.24, 2.45) is 0 Å². The van der Waals surface area contributed by atoms with Crippen LogP contribution in [-0.2, 0) is 14.4 Å². The molecule has 0 spiro atoms. The highest BCUT2D eigenvalue weighted by atomic mass is 127. The van der Waals surface area contributed by atoms with E-state index in [4.69, 9.17) is 32.7 Å². The molecule has 1 heterocycles. The van der Waals surface area contributed by atoms with Gasteiger partial charge in [0.05, 0.1) is 15.9 Å². The second kappa shape index (κ2) is 12.9. The number of ether oxygens (including phenoxy) is 2. The Morgan fingerprint density at radius 3 is 2.46 bits per heavy atom. The fraction of sp³-hybridized carbons (Fsp3) is 0.172. The Kier molecular flexibility index (Phi) is 9.57. The molecule has 0 aliphatic carbocycles. The Bertz CT molecular complexity index is 1610. The van der Waals surface area contributed by atoms with Gasteiger partial charge in [0.25, 0.3) is 17.7 Å². The first-order valence-electron chi connectivity index (χ1n) is 12.3. The summed E-state index contributed by atoms with van der Waals surface area (Å²) in [6.07, 6.45) is 1.36. The zero-order chi connectivity index (χ0) is 29.8. The number of rotatable bonds is 8.